The largest absolute Gasteiger partial charge is 0.509 e. The average Bonchev–Trinajstić information content (AvgIpc) is 3.12. The Balaban J connectivity index is 2.29. The van der Waals surface area contributed by atoms with Crippen molar-refractivity contribution in [3.63, 3.8) is 0 Å². The lowest BCUT2D eigenvalue weighted by atomic mass is 9.81. The fourth-order valence-corrected chi connectivity index (χ4v) is 2.91. The van der Waals surface area contributed by atoms with Crippen LogP contribution in [0.25, 0.3) is 0 Å². The van der Waals surface area contributed by atoms with E-state index in [0.29, 0.717) is 12.8 Å². The number of carboxylic acids is 1. The third-order valence-corrected chi connectivity index (χ3v) is 4.13. The Labute approximate surface area is 125 Å². The van der Waals surface area contributed by atoms with Gasteiger partial charge in [0, 0.05) is 0 Å². The van der Waals surface area contributed by atoms with Crippen molar-refractivity contribution >= 4 is 38.6 Å². The highest BCUT2D eigenvalue weighted by Crippen LogP contribution is 2.55. The Kier molecular flexibility index (Phi) is 4.03. The summed E-state index contributed by atoms with van der Waals surface area (Å²) in [6.07, 6.45) is 0.630. The summed E-state index contributed by atoms with van der Waals surface area (Å²) in [4.78, 5) is 23.4. The van der Waals surface area contributed by atoms with Crippen molar-refractivity contribution in [3.8, 4) is 5.75 Å². The van der Waals surface area contributed by atoms with E-state index in [9.17, 15) is 19.8 Å². The Morgan fingerprint density at radius 1 is 1.38 bits per heavy atom. The first kappa shape index (κ1) is 15.5. The minimum Gasteiger partial charge on any atom is -0.509 e. The van der Waals surface area contributed by atoms with Crippen LogP contribution in [0.1, 0.15) is 18.9 Å². The number of carbonyl (C=O) groups excluding carboxylic acids is 1. The predicted octanol–water partition coefficient (Wildman–Crippen LogP) is -1.89. The highest BCUT2D eigenvalue weighted by atomic mass is 16.5. The maximum absolute atomic E-state index is 12.1. The third-order valence-electron chi connectivity index (χ3n) is 4.13. The molecule has 1 aromatic rings. The van der Waals surface area contributed by atoms with Crippen LogP contribution in [-0.2, 0) is 20.7 Å². The highest BCUT2D eigenvalue weighted by Gasteiger charge is 2.64. The van der Waals surface area contributed by atoms with Gasteiger partial charge in [-0.2, -0.15) is 0 Å². The first-order valence-electron chi connectivity index (χ1n) is 7.01. The minimum atomic E-state index is -0.963. The molecule has 7 heteroatoms. The summed E-state index contributed by atoms with van der Waals surface area (Å²) in [6, 6.07) is 3.58. The van der Waals surface area contributed by atoms with E-state index < -0.39 is 23.3 Å². The first-order valence-corrected chi connectivity index (χ1v) is 7.01. The summed E-state index contributed by atoms with van der Waals surface area (Å²) < 4.78 is 5.05. The Morgan fingerprint density at radius 3 is 2.38 bits per heavy atom. The number of carbonyl (C=O) groups is 2. The molecule has 0 aromatic heterocycles. The lowest BCUT2D eigenvalue weighted by Gasteiger charge is -2.16. The number of ether oxygens (including phenoxy) is 1. The highest BCUT2D eigenvalue weighted by molar-refractivity contribution is 6.41. The summed E-state index contributed by atoms with van der Waals surface area (Å²) in [5.41, 5.74) is 1.32. The molecule has 2 rings (SSSR count). The summed E-state index contributed by atoms with van der Waals surface area (Å²) >= 11 is 0. The van der Waals surface area contributed by atoms with Crippen LogP contribution in [0.2, 0.25) is 0 Å². The van der Waals surface area contributed by atoms with E-state index in [1.54, 1.807) is 34.7 Å². The summed E-state index contributed by atoms with van der Waals surface area (Å²) in [5, 5.41) is 19.0. The van der Waals surface area contributed by atoms with Gasteiger partial charge in [-0.05, 0) is 36.3 Å². The maximum atomic E-state index is 12.1. The first-order chi connectivity index (χ1) is 9.81. The van der Waals surface area contributed by atoms with Crippen molar-refractivity contribution in [1.29, 1.82) is 0 Å². The van der Waals surface area contributed by atoms with Crippen molar-refractivity contribution in [1.82, 2.24) is 0 Å². The fourth-order valence-electron chi connectivity index (χ4n) is 2.91. The summed E-state index contributed by atoms with van der Waals surface area (Å²) in [7, 11) is 3.56. The number of aliphatic carboxylic acids is 1. The molecule has 0 amide bonds. The van der Waals surface area contributed by atoms with E-state index in [0.717, 1.165) is 16.5 Å². The van der Waals surface area contributed by atoms with Gasteiger partial charge in [0.2, 0.25) is 0 Å². The quantitative estimate of drug-likeness (QED) is 0.489. The van der Waals surface area contributed by atoms with Crippen LogP contribution in [0, 0.1) is 11.3 Å². The van der Waals surface area contributed by atoms with Gasteiger partial charge in [-0.1, -0.05) is 12.1 Å². The maximum Gasteiger partial charge on any atom is 0.313 e. The molecule has 1 aromatic carbocycles. The molecule has 2 atom stereocenters. The normalized spacial score (nSPS) is 23.6. The number of benzene rings is 1. The predicted molar refractivity (Wildman–Crippen MR) is 83.0 cm³/mol. The van der Waals surface area contributed by atoms with E-state index in [2.05, 4.69) is 0 Å². The van der Waals surface area contributed by atoms with E-state index in [1.807, 2.05) is 0 Å². The van der Waals surface area contributed by atoms with E-state index in [4.69, 9.17) is 4.74 Å². The number of hydrogen-bond acceptors (Lipinski definition) is 4. The van der Waals surface area contributed by atoms with Crippen LogP contribution in [0.5, 0.6) is 5.75 Å². The number of carboxylic acid groups (broad SMARTS) is 1. The van der Waals surface area contributed by atoms with Crippen molar-refractivity contribution in [3.05, 3.63) is 17.7 Å². The van der Waals surface area contributed by atoms with Crippen LogP contribution >= 0.6 is 0 Å². The molecular weight excluding hydrogens is 270 g/mol. The molecule has 1 aliphatic rings. The van der Waals surface area contributed by atoms with Crippen LogP contribution in [-0.4, -0.2) is 44.5 Å². The van der Waals surface area contributed by atoms with Crippen molar-refractivity contribution in [2.45, 2.75) is 19.8 Å². The number of aromatic hydroxyl groups is 1. The van der Waals surface area contributed by atoms with Gasteiger partial charge in [0.15, 0.2) is 0 Å². The van der Waals surface area contributed by atoms with Gasteiger partial charge in [-0.15, -0.1) is 0 Å². The molecule has 1 aliphatic carbocycles. The van der Waals surface area contributed by atoms with Gasteiger partial charge in [0.25, 0.3) is 0 Å². The van der Waals surface area contributed by atoms with Crippen LogP contribution < -0.4 is 10.9 Å². The molecular formula is C14H18B2O5. The molecule has 1 unspecified atom stereocenters. The Morgan fingerprint density at radius 2 is 1.95 bits per heavy atom. The second-order valence-corrected chi connectivity index (χ2v) is 5.73. The molecule has 0 spiro atoms. The SMILES string of the molecule is Bc1cc(C[C@]2(C(=O)OCC)CC2C(=O)O)cc(B)c1O. The van der Waals surface area contributed by atoms with Gasteiger partial charge < -0.3 is 14.9 Å². The number of hydrogen-bond donors (Lipinski definition) is 2. The number of esters is 1. The van der Waals surface area contributed by atoms with E-state index >= 15 is 0 Å². The van der Waals surface area contributed by atoms with E-state index in [1.165, 1.54) is 0 Å². The summed E-state index contributed by atoms with van der Waals surface area (Å²) in [6.45, 7) is 1.94. The molecule has 0 radical (unpaired) electrons. The zero-order valence-electron chi connectivity index (χ0n) is 12.5. The van der Waals surface area contributed by atoms with Gasteiger partial charge in [0.05, 0.1) is 17.9 Å². The van der Waals surface area contributed by atoms with Crippen molar-refractivity contribution < 1.29 is 24.5 Å². The standard InChI is InChI=1S/C14H18B2O5/c1-2-21-13(20)14(6-8(14)12(18)19)5-7-3-9(15)11(17)10(16)4-7/h3-4,8,17H,2,5-6,15-16H2,1H3,(H,18,19)/t8?,14-/m0/s1. The molecule has 0 saturated heterocycles. The molecule has 110 valence electrons. The number of phenolic OH excluding ortho intramolecular Hbond substituents is 1. The third kappa shape index (κ3) is 2.77. The monoisotopic (exact) mass is 288 g/mol. The smallest absolute Gasteiger partial charge is 0.313 e. The molecule has 0 bridgehead atoms. The molecule has 2 N–H and O–H groups in total. The molecule has 5 nitrogen and oxygen atoms in total. The molecule has 1 saturated carbocycles. The topological polar surface area (TPSA) is 83.8 Å². The van der Waals surface area contributed by atoms with Gasteiger partial charge in [-0.3, -0.25) is 9.59 Å². The molecule has 0 aliphatic heterocycles. The van der Waals surface area contributed by atoms with Crippen LogP contribution in [0.4, 0.5) is 0 Å². The van der Waals surface area contributed by atoms with E-state index in [-0.39, 0.29) is 12.4 Å². The van der Waals surface area contributed by atoms with Crippen LogP contribution in [0.3, 0.4) is 0 Å². The number of rotatable bonds is 5. The van der Waals surface area contributed by atoms with Gasteiger partial charge in [-0.25, -0.2) is 0 Å². The lowest BCUT2D eigenvalue weighted by molar-refractivity contribution is -0.153. The fraction of sp³-hybridized carbons (Fsp3) is 0.429. The average molecular weight is 288 g/mol. The second-order valence-electron chi connectivity index (χ2n) is 5.73. The minimum absolute atomic E-state index is 0.231. The molecule has 0 heterocycles. The van der Waals surface area contributed by atoms with Gasteiger partial charge in [0.1, 0.15) is 21.4 Å². The van der Waals surface area contributed by atoms with Crippen molar-refractivity contribution in [2.24, 2.45) is 11.3 Å². The number of phenols is 1. The molecule has 21 heavy (non-hydrogen) atoms. The lowest BCUT2D eigenvalue weighted by Crippen LogP contribution is -2.27. The zero-order valence-corrected chi connectivity index (χ0v) is 12.5. The van der Waals surface area contributed by atoms with Crippen LogP contribution in [0.15, 0.2) is 12.1 Å². The second kappa shape index (κ2) is 5.47. The Bertz CT molecular complexity index is 578. The Hall–Kier alpha value is -1.91. The van der Waals surface area contributed by atoms with Crippen molar-refractivity contribution in [2.75, 3.05) is 6.61 Å². The zero-order chi connectivity index (χ0) is 15.8. The summed E-state index contributed by atoms with van der Waals surface area (Å²) in [5.74, 6) is -1.86. The molecule has 1 fully saturated rings. The van der Waals surface area contributed by atoms with Gasteiger partial charge >= 0.3 is 11.9 Å².